The molecule has 1 aromatic carbocycles. The van der Waals surface area contributed by atoms with Crippen LogP contribution in [-0.2, 0) is 9.59 Å². The van der Waals surface area contributed by atoms with Crippen LogP contribution in [0.2, 0.25) is 0 Å². The van der Waals surface area contributed by atoms with Gasteiger partial charge in [-0.15, -0.1) is 0 Å². The second kappa shape index (κ2) is 5.14. The summed E-state index contributed by atoms with van der Waals surface area (Å²) < 4.78 is 0. The zero-order chi connectivity index (χ0) is 11.3. The van der Waals surface area contributed by atoms with E-state index in [1.165, 1.54) is 0 Å². The van der Waals surface area contributed by atoms with Crippen molar-refractivity contribution in [1.82, 2.24) is 0 Å². The second-order valence-corrected chi connectivity index (χ2v) is 3.30. The van der Waals surface area contributed by atoms with Crippen molar-refractivity contribution in [2.24, 2.45) is 5.73 Å². The van der Waals surface area contributed by atoms with Gasteiger partial charge in [0, 0.05) is 6.42 Å². The summed E-state index contributed by atoms with van der Waals surface area (Å²) in [6.45, 7) is 0. The van der Waals surface area contributed by atoms with Gasteiger partial charge in [-0.3, -0.25) is 9.59 Å². The molecule has 15 heavy (non-hydrogen) atoms. The van der Waals surface area contributed by atoms with Crippen LogP contribution in [0.5, 0.6) is 0 Å². The van der Waals surface area contributed by atoms with Crippen molar-refractivity contribution >= 4 is 11.9 Å². The van der Waals surface area contributed by atoms with Crippen molar-refractivity contribution in [3.8, 4) is 0 Å². The van der Waals surface area contributed by atoms with Gasteiger partial charge in [-0.05, 0) is 12.0 Å². The molecule has 1 atom stereocenters. The average molecular weight is 207 g/mol. The summed E-state index contributed by atoms with van der Waals surface area (Å²) in [5.74, 6) is -1.91. The molecule has 0 aliphatic carbocycles. The first-order valence-electron chi connectivity index (χ1n) is 4.67. The highest BCUT2D eigenvalue weighted by atomic mass is 16.4. The predicted molar refractivity (Wildman–Crippen MR) is 55.2 cm³/mol. The number of carboxylic acids is 1. The molecule has 1 rings (SSSR count). The number of nitrogens with two attached hydrogens (primary N) is 1. The maximum Gasteiger partial charge on any atom is 0.303 e. The van der Waals surface area contributed by atoms with E-state index in [9.17, 15) is 9.59 Å². The first-order chi connectivity index (χ1) is 7.11. The Morgan fingerprint density at radius 2 is 1.87 bits per heavy atom. The van der Waals surface area contributed by atoms with Crippen LogP contribution in [0.1, 0.15) is 24.3 Å². The monoisotopic (exact) mass is 207 g/mol. The summed E-state index contributed by atoms with van der Waals surface area (Å²) in [4.78, 5) is 21.5. The molecule has 0 fully saturated rings. The molecule has 1 aromatic rings. The van der Waals surface area contributed by atoms with Crippen LogP contribution in [0.3, 0.4) is 0 Å². The smallest absolute Gasteiger partial charge is 0.303 e. The van der Waals surface area contributed by atoms with Crippen molar-refractivity contribution in [1.29, 1.82) is 0 Å². The fraction of sp³-hybridized carbons (Fsp3) is 0.273. The Balaban J connectivity index is 2.75. The molecule has 0 heterocycles. The Morgan fingerprint density at radius 1 is 1.27 bits per heavy atom. The first-order valence-corrected chi connectivity index (χ1v) is 4.67. The Hall–Kier alpha value is -1.84. The fourth-order valence-electron chi connectivity index (χ4n) is 1.43. The summed E-state index contributed by atoms with van der Waals surface area (Å²) in [5.41, 5.74) is 5.99. The zero-order valence-electron chi connectivity index (χ0n) is 8.22. The van der Waals surface area contributed by atoms with Crippen LogP contribution < -0.4 is 5.73 Å². The standard InChI is InChI=1S/C11H13NO3/c12-11(15)9(6-7-10(13)14)8-4-2-1-3-5-8/h1-5,9H,6-7H2,(H2,12,15)(H,13,14). The van der Waals surface area contributed by atoms with Crippen LogP contribution in [0.25, 0.3) is 0 Å². The van der Waals surface area contributed by atoms with Crippen LogP contribution in [0.4, 0.5) is 0 Å². The number of hydrogen-bond donors (Lipinski definition) is 2. The first kappa shape index (κ1) is 11.2. The molecule has 0 spiro atoms. The minimum absolute atomic E-state index is 0.0531. The van der Waals surface area contributed by atoms with Crippen molar-refractivity contribution in [2.45, 2.75) is 18.8 Å². The lowest BCUT2D eigenvalue weighted by Gasteiger charge is -2.11. The maximum absolute atomic E-state index is 11.1. The number of carbonyl (C=O) groups is 2. The lowest BCUT2D eigenvalue weighted by molar-refractivity contribution is -0.137. The Morgan fingerprint density at radius 3 is 2.33 bits per heavy atom. The Bertz CT molecular complexity index is 348. The Kier molecular flexibility index (Phi) is 3.85. The van der Waals surface area contributed by atoms with Gasteiger partial charge in [0.2, 0.25) is 5.91 Å². The Labute approximate surface area is 87.7 Å². The van der Waals surface area contributed by atoms with E-state index < -0.39 is 17.8 Å². The van der Waals surface area contributed by atoms with Crippen molar-refractivity contribution < 1.29 is 14.7 Å². The van der Waals surface area contributed by atoms with Gasteiger partial charge >= 0.3 is 5.97 Å². The van der Waals surface area contributed by atoms with Gasteiger partial charge in [-0.1, -0.05) is 30.3 Å². The summed E-state index contributed by atoms with van der Waals surface area (Å²) in [6.07, 6.45) is 0.192. The highest BCUT2D eigenvalue weighted by Gasteiger charge is 2.18. The van der Waals surface area contributed by atoms with Crippen LogP contribution in [0.15, 0.2) is 30.3 Å². The summed E-state index contributed by atoms with van der Waals surface area (Å²) in [6, 6.07) is 8.98. The minimum atomic E-state index is -0.919. The molecule has 0 radical (unpaired) electrons. The highest BCUT2D eigenvalue weighted by molar-refractivity contribution is 5.82. The molecule has 0 saturated carbocycles. The highest BCUT2D eigenvalue weighted by Crippen LogP contribution is 2.20. The predicted octanol–water partition coefficient (Wildman–Crippen LogP) is 1.12. The normalized spacial score (nSPS) is 12.0. The molecule has 0 aliphatic rings. The van der Waals surface area contributed by atoms with Crippen molar-refractivity contribution in [2.75, 3.05) is 0 Å². The number of carboxylic acid groups (broad SMARTS) is 1. The van der Waals surface area contributed by atoms with Crippen LogP contribution in [0, 0.1) is 0 Å². The minimum Gasteiger partial charge on any atom is -0.481 e. The van der Waals surface area contributed by atoms with E-state index in [0.29, 0.717) is 0 Å². The average Bonchev–Trinajstić information content (AvgIpc) is 2.18. The largest absolute Gasteiger partial charge is 0.481 e. The van der Waals surface area contributed by atoms with Crippen LogP contribution in [-0.4, -0.2) is 17.0 Å². The second-order valence-electron chi connectivity index (χ2n) is 3.30. The molecule has 80 valence electrons. The number of aliphatic carboxylic acids is 1. The number of rotatable bonds is 5. The number of benzene rings is 1. The van der Waals surface area contributed by atoms with E-state index in [1.54, 1.807) is 24.3 Å². The number of carbonyl (C=O) groups excluding carboxylic acids is 1. The number of primary amides is 1. The molecule has 0 saturated heterocycles. The third-order valence-corrected chi connectivity index (χ3v) is 2.19. The lowest BCUT2D eigenvalue weighted by atomic mass is 9.94. The van der Waals surface area contributed by atoms with E-state index >= 15 is 0 Å². The van der Waals surface area contributed by atoms with E-state index in [2.05, 4.69) is 0 Å². The van der Waals surface area contributed by atoms with Gasteiger partial charge in [0.05, 0.1) is 5.92 Å². The molecule has 1 amide bonds. The third kappa shape index (κ3) is 3.42. The molecule has 0 aromatic heterocycles. The van der Waals surface area contributed by atoms with Gasteiger partial charge in [0.15, 0.2) is 0 Å². The van der Waals surface area contributed by atoms with Gasteiger partial charge in [0.1, 0.15) is 0 Å². The topological polar surface area (TPSA) is 80.4 Å². The number of amides is 1. The molecule has 4 heteroatoms. The van der Waals surface area contributed by atoms with Gasteiger partial charge in [-0.2, -0.15) is 0 Å². The SMILES string of the molecule is NC(=O)C(CCC(=O)O)c1ccccc1. The molecule has 3 N–H and O–H groups in total. The molecule has 0 bridgehead atoms. The van der Waals surface area contributed by atoms with E-state index in [0.717, 1.165) is 5.56 Å². The zero-order valence-corrected chi connectivity index (χ0v) is 8.22. The molecule has 4 nitrogen and oxygen atoms in total. The number of hydrogen-bond acceptors (Lipinski definition) is 2. The quantitative estimate of drug-likeness (QED) is 0.759. The molecular formula is C11H13NO3. The van der Waals surface area contributed by atoms with Crippen LogP contribution >= 0.6 is 0 Å². The van der Waals surface area contributed by atoms with Gasteiger partial charge in [0.25, 0.3) is 0 Å². The summed E-state index contributed by atoms with van der Waals surface area (Å²) >= 11 is 0. The summed E-state index contributed by atoms with van der Waals surface area (Å²) in [5, 5.41) is 8.54. The maximum atomic E-state index is 11.1. The molecule has 1 unspecified atom stereocenters. The van der Waals surface area contributed by atoms with E-state index in [4.69, 9.17) is 10.8 Å². The van der Waals surface area contributed by atoms with Gasteiger partial charge < -0.3 is 10.8 Å². The lowest BCUT2D eigenvalue weighted by Crippen LogP contribution is -2.22. The fourth-order valence-corrected chi connectivity index (χ4v) is 1.43. The molecular weight excluding hydrogens is 194 g/mol. The molecule has 0 aliphatic heterocycles. The van der Waals surface area contributed by atoms with Gasteiger partial charge in [-0.25, -0.2) is 0 Å². The van der Waals surface area contributed by atoms with Crippen molar-refractivity contribution in [3.05, 3.63) is 35.9 Å². The summed E-state index contributed by atoms with van der Waals surface area (Å²) in [7, 11) is 0. The van der Waals surface area contributed by atoms with Crippen molar-refractivity contribution in [3.63, 3.8) is 0 Å². The van der Waals surface area contributed by atoms with E-state index in [-0.39, 0.29) is 12.8 Å². The third-order valence-electron chi connectivity index (χ3n) is 2.19. The van der Waals surface area contributed by atoms with E-state index in [1.807, 2.05) is 6.07 Å².